The van der Waals surface area contributed by atoms with Gasteiger partial charge in [-0.25, -0.2) is 4.98 Å². The molecule has 0 aliphatic heterocycles. The van der Waals surface area contributed by atoms with Crippen LogP contribution in [0.15, 0.2) is 30.2 Å². The molecule has 96 valence electrons. The van der Waals surface area contributed by atoms with E-state index in [-0.39, 0.29) is 11.9 Å². The molecular weight excluding hydrogens is 248 g/mol. The van der Waals surface area contributed by atoms with Crippen LogP contribution in [0.5, 0.6) is 0 Å². The third kappa shape index (κ3) is 3.96. The van der Waals surface area contributed by atoms with E-state index < -0.39 is 0 Å². The van der Waals surface area contributed by atoms with Gasteiger partial charge >= 0.3 is 0 Å². The zero-order chi connectivity index (χ0) is 12.8. The molecule has 0 aliphatic rings. The van der Waals surface area contributed by atoms with Gasteiger partial charge in [0.2, 0.25) is 5.91 Å². The number of thiophene rings is 1. The van der Waals surface area contributed by atoms with E-state index in [2.05, 4.69) is 26.8 Å². The maximum Gasteiger partial charge on any atom is 0.222 e. The summed E-state index contributed by atoms with van der Waals surface area (Å²) < 4.78 is 1.66. The van der Waals surface area contributed by atoms with Gasteiger partial charge in [0.25, 0.3) is 0 Å². The van der Waals surface area contributed by atoms with E-state index in [1.54, 1.807) is 22.3 Å². The summed E-state index contributed by atoms with van der Waals surface area (Å²) in [6, 6.07) is 4.27. The first-order chi connectivity index (χ1) is 8.74. The lowest BCUT2D eigenvalue weighted by Gasteiger charge is -2.12. The molecule has 1 amide bonds. The van der Waals surface area contributed by atoms with E-state index in [0.717, 1.165) is 6.42 Å². The van der Waals surface area contributed by atoms with Crippen LogP contribution < -0.4 is 5.32 Å². The average molecular weight is 264 g/mol. The highest BCUT2D eigenvalue weighted by atomic mass is 32.1. The van der Waals surface area contributed by atoms with Crippen LogP contribution in [0.1, 0.15) is 18.2 Å². The van der Waals surface area contributed by atoms with Gasteiger partial charge in [-0.3, -0.25) is 9.48 Å². The summed E-state index contributed by atoms with van der Waals surface area (Å²) in [5.74, 6) is 0.0505. The number of hydrogen-bond acceptors (Lipinski definition) is 4. The first kappa shape index (κ1) is 12.8. The fourth-order valence-electron chi connectivity index (χ4n) is 1.69. The topological polar surface area (TPSA) is 59.8 Å². The van der Waals surface area contributed by atoms with E-state index in [0.29, 0.717) is 13.0 Å². The van der Waals surface area contributed by atoms with Crippen LogP contribution in [0.4, 0.5) is 0 Å². The van der Waals surface area contributed by atoms with Crippen molar-refractivity contribution in [3.05, 3.63) is 35.0 Å². The summed E-state index contributed by atoms with van der Waals surface area (Å²) in [7, 11) is 0. The van der Waals surface area contributed by atoms with Crippen LogP contribution in [0.2, 0.25) is 0 Å². The van der Waals surface area contributed by atoms with Crippen molar-refractivity contribution in [1.82, 2.24) is 20.1 Å². The second kappa shape index (κ2) is 6.30. The normalized spacial score (nSPS) is 12.3. The number of amides is 1. The molecule has 5 nitrogen and oxygen atoms in total. The second-order valence-corrected chi connectivity index (χ2v) is 5.19. The number of aryl methyl sites for hydroxylation is 1. The minimum absolute atomic E-state index is 0.0505. The van der Waals surface area contributed by atoms with Crippen LogP contribution >= 0.6 is 11.3 Å². The van der Waals surface area contributed by atoms with Gasteiger partial charge in [-0.15, -0.1) is 11.3 Å². The molecule has 0 saturated carbocycles. The molecule has 0 aliphatic carbocycles. The number of nitrogens with one attached hydrogen (secondary N) is 1. The third-order valence-corrected chi connectivity index (χ3v) is 3.43. The minimum Gasteiger partial charge on any atom is -0.353 e. The standard InChI is InChI=1S/C12H16N4OS/c1-10(7-11-3-2-6-18-11)15-12(17)4-5-16-9-13-8-14-16/h2-3,6,8-10H,4-5,7H2,1H3,(H,15,17)/t10-/m0/s1. The van der Waals surface area contributed by atoms with Crippen molar-refractivity contribution in [1.29, 1.82) is 0 Å². The highest BCUT2D eigenvalue weighted by Crippen LogP contribution is 2.10. The molecule has 0 aromatic carbocycles. The van der Waals surface area contributed by atoms with Crippen molar-refractivity contribution in [2.75, 3.05) is 0 Å². The molecule has 18 heavy (non-hydrogen) atoms. The SMILES string of the molecule is C[C@@H](Cc1cccs1)NC(=O)CCn1cncn1. The van der Waals surface area contributed by atoms with Crippen LogP contribution in [-0.4, -0.2) is 26.7 Å². The molecule has 0 unspecified atom stereocenters. The van der Waals surface area contributed by atoms with Crippen molar-refractivity contribution in [3.63, 3.8) is 0 Å². The minimum atomic E-state index is 0.0505. The lowest BCUT2D eigenvalue weighted by atomic mass is 10.2. The van der Waals surface area contributed by atoms with Gasteiger partial charge in [-0.2, -0.15) is 5.10 Å². The monoisotopic (exact) mass is 264 g/mol. The Labute approximate surface area is 110 Å². The molecule has 2 aromatic heterocycles. The van der Waals surface area contributed by atoms with Gasteiger partial charge in [0, 0.05) is 23.8 Å². The fraction of sp³-hybridized carbons (Fsp3) is 0.417. The lowest BCUT2D eigenvalue weighted by molar-refractivity contribution is -0.121. The van der Waals surface area contributed by atoms with Gasteiger partial charge in [-0.05, 0) is 18.4 Å². The molecule has 6 heteroatoms. The summed E-state index contributed by atoms with van der Waals surface area (Å²) >= 11 is 1.72. The van der Waals surface area contributed by atoms with Crippen LogP contribution in [-0.2, 0) is 17.8 Å². The molecule has 2 aromatic rings. The van der Waals surface area contributed by atoms with E-state index >= 15 is 0 Å². The van der Waals surface area contributed by atoms with Crippen LogP contribution in [0.25, 0.3) is 0 Å². The molecule has 0 radical (unpaired) electrons. The summed E-state index contributed by atoms with van der Waals surface area (Å²) in [4.78, 5) is 16.8. The summed E-state index contributed by atoms with van der Waals surface area (Å²) in [6.45, 7) is 2.59. The quantitative estimate of drug-likeness (QED) is 0.859. The number of nitrogens with zero attached hydrogens (tertiary/aromatic N) is 3. The Bertz CT molecular complexity index is 466. The predicted octanol–water partition coefficient (Wildman–Crippen LogP) is 1.48. The molecule has 2 heterocycles. The maximum absolute atomic E-state index is 11.7. The zero-order valence-corrected chi connectivity index (χ0v) is 11.1. The highest BCUT2D eigenvalue weighted by Gasteiger charge is 2.08. The highest BCUT2D eigenvalue weighted by molar-refractivity contribution is 7.09. The Morgan fingerprint density at radius 2 is 2.50 bits per heavy atom. The van der Waals surface area contributed by atoms with Gasteiger partial charge in [0.15, 0.2) is 0 Å². The van der Waals surface area contributed by atoms with Crippen molar-refractivity contribution < 1.29 is 4.79 Å². The molecule has 0 saturated heterocycles. The second-order valence-electron chi connectivity index (χ2n) is 4.16. The molecule has 1 N–H and O–H groups in total. The molecule has 2 rings (SSSR count). The van der Waals surface area contributed by atoms with Gasteiger partial charge in [0.1, 0.15) is 12.7 Å². The molecule has 0 bridgehead atoms. The number of hydrogen-bond donors (Lipinski definition) is 1. The van der Waals surface area contributed by atoms with Gasteiger partial charge in [-0.1, -0.05) is 6.07 Å². The first-order valence-electron chi connectivity index (χ1n) is 5.88. The first-order valence-corrected chi connectivity index (χ1v) is 6.76. The largest absolute Gasteiger partial charge is 0.353 e. The van der Waals surface area contributed by atoms with E-state index in [1.165, 1.54) is 11.2 Å². The Balaban J connectivity index is 1.70. The van der Waals surface area contributed by atoms with Crippen LogP contribution in [0, 0.1) is 0 Å². The summed E-state index contributed by atoms with van der Waals surface area (Å²) in [6.07, 6.45) is 4.39. The summed E-state index contributed by atoms with van der Waals surface area (Å²) in [5.41, 5.74) is 0. The lowest BCUT2D eigenvalue weighted by Crippen LogP contribution is -2.34. The van der Waals surface area contributed by atoms with Crippen LogP contribution in [0.3, 0.4) is 0 Å². The Morgan fingerprint density at radius 1 is 1.61 bits per heavy atom. The van der Waals surface area contributed by atoms with Gasteiger partial charge in [0.05, 0.1) is 6.54 Å². The summed E-state index contributed by atoms with van der Waals surface area (Å²) in [5, 5.41) is 8.99. The van der Waals surface area contributed by atoms with E-state index in [4.69, 9.17) is 0 Å². The smallest absolute Gasteiger partial charge is 0.222 e. The van der Waals surface area contributed by atoms with E-state index in [1.807, 2.05) is 13.0 Å². The molecular formula is C12H16N4OS. The van der Waals surface area contributed by atoms with E-state index in [9.17, 15) is 4.79 Å². The van der Waals surface area contributed by atoms with Crippen molar-refractivity contribution in [3.8, 4) is 0 Å². The maximum atomic E-state index is 11.7. The van der Waals surface area contributed by atoms with Crippen molar-refractivity contribution in [2.45, 2.75) is 32.4 Å². The molecule has 1 atom stereocenters. The number of aromatic nitrogens is 3. The molecule has 0 spiro atoms. The third-order valence-electron chi connectivity index (χ3n) is 2.53. The Morgan fingerprint density at radius 3 is 3.17 bits per heavy atom. The number of rotatable bonds is 6. The average Bonchev–Trinajstić information content (AvgIpc) is 2.98. The van der Waals surface area contributed by atoms with Gasteiger partial charge < -0.3 is 5.32 Å². The Kier molecular flexibility index (Phi) is 4.46. The zero-order valence-electron chi connectivity index (χ0n) is 10.2. The number of carbonyl (C=O) groups is 1. The van der Waals surface area contributed by atoms with Crippen molar-refractivity contribution in [2.24, 2.45) is 0 Å². The fourth-order valence-corrected chi connectivity index (χ4v) is 2.53. The Hall–Kier alpha value is -1.69. The predicted molar refractivity (Wildman–Crippen MR) is 70.3 cm³/mol. The number of carbonyl (C=O) groups excluding carboxylic acids is 1. The van der Waals surface area contributed by atoms with Crippen molar-refractivity contribution >= 4 is 17.2 Å². The molecule has 0 fully saturated rings.